The Kier molecular flexibility index (Phi) is 5.68. The van der Waals surface area contributed by atoms with Crippen LogP contribution in [0.15, 0.2) is 73.3 Å². The molecule has 0 fully saturated rings. The van der Waals surface area contributed by atoms with Crippen molar-refractivity contribution in [2.45, 2.75) is 11.8 Å². The molecule has 0 unspecified atom stereocenters. The van der Waals surface area contributed by atoms with E-state index in [1.165, 1.54) is 36.4 Å². The van der Waals surface area contributed by atoms with E-state index < -0.39 is 19.7 Å². The van der Waals surface area contributed by atoms with Crippen LogP contribution in [0.3, 0.4) is 0 Å². The molecule has 0 aliphatic carbocycles. The molecule has 0 aliphatic rings. The number of hydrogen-bond acceptors (Lipinski definition) is 6. The van der Waals surface area contributed by atoms with Gasteiger partial charge in [0, 0.05) is 28.2 Å². The van der Waals surface area contributed by atoms with Crippen molar-refractivity contribution < 1.29 is 17.8 Å². The summed E-state index contributed by atoms with van der Waals surface area (Å²) in [6, 6.07) is 15.2. The third-order valence-electron chi connectivity index (χ3n) is 4.06. The Morgan fingerprint density at radius 3 is 2.45 bits per heavy atom. The molecule has 0 bridgehead atoms. The Morgan fingerprint density at radius 2 is 1.86 bits per heavy atom. The second-order valence-electron chi connectivity index (χ2n) is 6.06. The third kappa shape index (κ3) is 4.29. The van der Waals surface area contributed by atoms with Crippen LogP contribution in [0.25, 0.3) is 17.4 Å². The highest BCUT2D eigenvalue weighted by Crippen LogP contribution is 2.33. The number of allylic oxidation sites excluding steroid dienone is 1. The van der Waals surface area contributed by atoms with Gasteiger partial charge in [-0.25, -0.2) is 8.42 Å². The monoisotopic (exact) mass is 472 g/mol. The van der Waals surface area contributed by atoms with Crippen molar-refractivity contribution in [1.29, 1.82) is 5.26 Å². The third-order valence-corrected chi connectivity index (χ3v) is 6.40. The highest BCUT2D eigenvalue weighted by Gasteiger charge is 2.21. The Hall–Kier alpha value is -3.22. The maximum Gasteiger partial charge on any atom is 0.270 e. The van der Waals surface area contributed by atoms with Gasteiger partial charge in [0.15, 0.2) is 4.91 Å². The first-order valence-electron chi connectivity index (χ1n) is 8.20. The fraction of sp³-hybridized carbons (Fsp3) is 0.0500. The normalized spacial score (nSPS) is 11.8. The molecule has 29 heavy (non-hydrogen) atoms. The number of nitrogens with zero attached hydrogens (tertiary/aromatic N) is 2. The smallest absolute Gasteiger partial charge is 0.270 e. The number of benzene rings is 2. The quantitative estimate of drug-likeness (QED) is 0.284. The summed E-state index contributed by atoms with van der Waals surface area (Å²) >= 11 is 3.27. The molecule has 0 spiro atoms. The van der Waals surface area contributed by atoms with Crippen molar-refractivity contribution in [3.05, 3.63) is 85.4 Å². The fourth-order valence-corrected chi connectivity index (χ4v) is 4.24. The van der Waals surface area contributed by atoms with Crippen molar-refractivity contribution >= 4 is 37.5 Å². The predicted molar refractivity (Wildman–Crippen MR) is 110 cm³/mol. The van der Waals surface area contributed by atoms with E-state index in [1.807, 2.05) is 6.92 Å². The minimum Gasteiger partial charge on any atom is -0.457 e. The van der Waals surface area contributed by atoms with Gasteiger partial charge in [0.05, 0.1) is 9.82 Å². The van der Waals surface area contributed by atoms with Crippen molar-refractivity contribution in [3.63, 3.8) is 0 Å². The van der Waals surface area contributed by atoms with E-state index >= 15 is 0 Å². The van der Waals surface area contributed by atoms with Gasteiger partial charge in [-0.15, -0.1) is 0 Å². The van der Waals surface area contributed by atoms with E-state index in [2.05, 4.69) is 15.9 Å². The minimum atomic E-state index is -3.99. The second kappa shape index (κ2) is 8.03. The van der Waals surface area contributed by atoms with E-state index in [4.69, 9.17) is 4.42 Å². The summed E-state index contributed by atoms with van der Waals surface area (Å²) in [7, 11) is -3.99. The highest BCUT2D eigenvalue weighted by atomic mass is 79.9. The summed E-state index contributed by atoms with van der Waals surface area (Å²) < 4.78 is 31.5. The van der Waals surface area contributed by atoms with E-state index in [1.54, 1.807) is 24.3 Å². The second-order valence-corrected chi connectivity index (χ2v) is 8.83. The zero-order chi connectivity index (χ0) is 21.2. The molecule has 0 saturated carbocycles. The lowest BCUT2D eigenvalue weighted by molar-refractivity contribution is -0.384. The first kappa shape index (κ1) is 20.5. The summed E-state index contributed by atoms with van der Waals surface area (Å²) in [5.74, 6) is 0.528. The predicted octanol–water partition coefficient (Wildman–Crippen LogP) is 5.26. The topological polar surface area (TPSA) is 114 Å². The Labute approximate surface area is 175 Å². The average Bonchev–Trinajstić information content (AvgIpc) is 3.14. The lowest BCUT2D eigenvalue weighted by Gasteiger charge is -2.03. The molecule has 0 saturated heterocycles. The number of sulfone groups is 1. The molecule has 3 aromatic rings. The van der Waals surface area contributed by atoms with Gasteiger partial charge < -0.3 is 4.42 Å². The van der Waals surface area contributed by atoms with Gasteiger partial charge >= 0.3 is 0 Å². The molecule has 0 amide bonds. The molecule has 0 aliphatic heterocycles. The van der Waals surface area contributed by atoms with Crippen LogP contribution in [0.1, 0.15) is 11.3 Å². The SMILES string of the molecule is Cc1ccc(S(=O)(=O)/C(C#N)=C/c2ccc(-c3ccc([N+](=O)[O-])cc3Br)o2)cc1. The van der Waals surface area contributed by atoms with Crippen LogP contribution in [-0.2, 0) is 9.84 Å². The van der Waals surface area contributed by atoms with Crippen LogP contribution in [0.4, 0.5) is 5.69 Å². The summed E-state index contributed by atoms with van der Waals surface area (Å²) in [6.07, 6.45) is 1.15. The van der Waals surface area contributed by atoms with Crippen molar-refractivity contribution in [2.24, 2.45) is 0 Å². The van der Waals surface area contributed by atoms with Crippen LogP contribution < -0.4 is 0 Å². The number of rotatable bonds is 5. The van der Waals surface area contributed by atoms with Crippen molar-refractivity contribution in [1.82, 2.24) is 0 Å². The van der Waals surface area contributed by atoms with Gasteiger partial charge in [-0.05, 0) is 53.2 Å². The van der Waals surface area contributed by atoms with Crippen LogP contribution in [0, 0.1) is 28.4 Å². The molecule has 1 aromatic heterocycles. The minimum absolute atomic E-state index is 0.0146. The van der Waals surface area contributed by atoms with Gasteiger partial charge in [0.25, 0.3) is 5.69 Å². The van der Waals surface area contributed by atoms with Crippen LogP contribution >= 0.6 is 15.9 Å². The number of halogens is 1. The summed E-state index contributed by atoms with van der Waals surface area (Å²) in [5.41, 5.74) is 1.37. The standard InChI is InChI=1S/C20H13BrN2O5S/c1-13-2-6-16(7-3-13)29(26,27)17(12-22)11-15-5-9-20(28-15)18-8-4-14(23(24)25)10-19(18)21/h2-11H,1H3/b17-11+. The van der Waals surface area contributed by atoms with Crippen LogP contribution in [0.2, 0.25) is 0 Å². The lowest BCUT2D eigenvalue weighted by atomic mass is 10.1. The summed E-state index contributed by atoms with van der Waals surface area (Å²) in [4.78, 5) is 9.90. The van der Waals surface area contributed by atoms with Gasteiger partial charge in [0.2, 0.25) is 9.84 Å². The van der Waals surface area contributed by atoms with E-state index in [0.29, 0.717) is 15.8 Å². The Bertz CT molecular complexity index is 1270. The first-order chi connectivity index (χ1) is 13.7. The van der Waals surface area contributed by atoms with E-state index in [9.17, 15) is 23.8 Å². The number of hydrogen-bond donors (Lipinski definition) is 0. The van der Waals surface area contributed by atoms with Crippen LogP contribution in [0.5, 0.6) is 0 Å². The maximum absolute atomic E-state index is 12.7. The lowest BCUT2D eigenvalue weighted by Crippen LogP contribution is -2.03. The van der Waals surface area contributed by atoms with Crippen LogP contribution in [-0.4, -0.2) is 13.3 Å². The van der Waals surface area contributed by atoms with E-state index in [-0.39, 0.29) is 16.3 Å². The molecule has 0 radical (unpaired) electrons. The molecule has 146 valence electrons. The number of aryl methyl sites for hydroxylation is 1. The van der Waals surface area contributed by atoms with Gasteiger partial charge in [-0.2, -0.15) is 5.26 Å². The number of furan rings is 1. The highest BCUT2D eigenvalue weighted by molar-refractivity contribution is 9.10. The average molecular weight is 473 g/mol. The first-order valence-corrected chi connectivity index (χ1v) is 10.5. The summed E-state index contributed by atoms with van der Waals surface area (Å²) in [5, 5.41) is 20.2. The number of nitro benzene ring substituents is 1. The fourth-order valence-electron chi connectivity index (χ4n) is 2.54. The molecule has 0 atom stereocenters. The number of non-ortho nitro benzene ring substituents is 1. The van der Waals surface area contributed by atoms with Gasteiger partial charge in [-0.1, -0.05) is 17.7 Å². The van der Waals surface area contributed by atoms with Gasteiger partial charge in [-0.3, -0.25) is 10.1 Å². The summed E-state index contributed by atoms with van der Waals surface area (Å²) in [6.45, 7) is 1.83. The molecule has 9 heteroatoms. The largest absolute Gasteiger partial charge is 0.457 e. The molecule has 2 aromatic carbocycles. The van der Waals surface area contributed by atoms with E-state index in [0.717, 1.165) is 11.6 Å². The molecule has 0 N–H and O–H groups in total. The molecule has 1 heterocycles. The molecule has 3 rings (SSSR count). The molecule has 7 nitrogen and oxygen atoms in total. The van der Waals surface area contributed by atoms with Crippen molar-refractivity contribution in [2.75, 3.05) is 0 Å². The zero-order valence-electron chi connectivity index (χ0n) is 15.0. The van der Waals surface area contributed by atoms with Crippen molar-refractivity contribution in [3.8, 4) is 17.4 Å². The Balaban J connectivity index is 1.97. The Morgan fingerprint density at radius 1 is 1.17 bits per heavy atom. The maximum atomic E-state index is 12.7. The number of nitriles is 1. The number of nitro groups is 1. The molecular weight excluding hydrogens is 460 g/mol. The van der Waals surface area contributed by atoms with Gasteiger partial charge in [0.1, 0.15) is 17.6 Å². The molecular formula is C20H13BrN2O5S. The zero-order valence-corrected chi connectivity index (χ0v) is 17.4.